The topological polar surface area (TPSA) is 109 Å². The van der Waals surface area contributed by atoms with Crippen LogP contribution in [0.4, 0.5) is 0 Å². The molecule has 0 radical (unpaired) electrons. The first kappa shape index (κ1) is 19.5. The second kappa shape index (κ2) is 8.51. The van der Waals surface area contributed by atoms with Crippen LogP contribution in [0.1, 0.15) is 39.2 Å². The minimum Gasteiger partial charge on any atom is -0.548 e. The van der Waals surface area contributed by atoms with Gasteiger partial charge in [-0.25, -0.2) is 4.79 Å². The minimum absolute atomic E-state index is 0.279. The molecule has 1 amide bonds. The summed E-state index contributed by atoms with van der Waals surface area (Å²) >= 11 is 0. The highest BCUT2D eigenvalue weighted by molar-refractivity contribution is 5.86. The lowest BCUT2D eigenvalue weighted by atomic mass is 10.1. The maximum Gasteiger partial charge on any atom is 0.336 e. The number of ether oxygens (including phenoxy) is 1. The van der Waals surface area contributed by atoms with Crippen molar-refractivity contribution in [3.8, 4) is 5.75 Å². The van der Waals surface area contributed by atoms with Crippen LogP contribution in [0, 0.1) is 0 Å². The largest absolute Gasteiger partial charge is 0.548 e. The first-order valence-electron chi connectivity index (χ1n) is 8.60. The van der Waals surface area contributed by atoms with Gasteiger partial charge in [0.1, 0.15) is 11.3 Å². The van der Waals surface area contributed by atoms with Crippen LogP contribution in [0.15, 0.2) is 33.5 Å². The fourth-order valence-corrected chi connectivity index (χ4v) is 2.66. The third kappa shape index (κ3) is 4.62. The molecule has 1 aromatic carbocycles. The molecule has 2 rings (SSSR count). The van der Waals surface area contributed by atoms with Gasteiger partial charge in [-0.3, -0.25) is 4.79 Å². The van der Waals surface area contributed by atoms with Crippen molar-refractivity contribution in [2.45, 2.75) is 52.2 Å². The third-order valence-electron chi connectivity index (χ3n) is 4.04. The highest BCUT2D eigenvalue weighted by Gasteiger charge is 2.19. The number of amides is 1. The zero-order chi connectivity index (χ0) is 19.3. The Labute approximate surface area is 151 Å². The van der Waals surface area contributed by atoms with E-state index in [1.165, 1.54) is 13.0 Å². The summed E-state index contributed by atoms with van der Waals surface area (Å²) in [5, 5.41) is 14.2. The molecule has 1 N–H and O–H groups in total. The zero-order valence-corrected chi connectivity index (χ0v) is 15.0. The Kier molecular flexibility index (Phi) is 6.38. The van der Waals surface area contributed by atoms with Crippen molar-refractivity contribution in [3.63, 3.8) is 0 Å². The number of fused-ring (bicyclic) bond motifs is 1. The Hall–Kier alpha value is -2.83. The predicted octanol–water partition coefficient (Wildman–Crippen LogP) is 1.16. The molecule has 2 aromatic rings. The normalized spacial score (nSPS) is 13.2. The van der Waals surface area contributed by atoms with Gasteiger partial charge in [-0.2, -0.15) is 0 Å². The number of hydrogen-bond donors (Lipinski definition) is 1. The van der Waals surface area contributed by atoms with E-state index < -0.39 is 29.6 Å². The highest BCUT2D eigenvalue weighted by atomic mass is 16.5. The quantitative estimate of drug-likeness (QED) is 0.708. The molecule has 0 bridgehead atoms. The van der Waals surface area contributed by atoms with E-state index in [9.17, 15) is 19.5 Å². The standard InChI is InChI=1S/C19H23NO6/c1-4-6-15(19(23)24)20-18(22)11(3)25-13-7-8-14-12(5-2)9-17(21)26-16(14)10-13/h7-11,15H,4-6H2,1-3H3,(H,20,22)(H,23,24)/p-1/t11-,15+/m1/s1. The Bertz CT molecular complexity index is 857. The first-order valence-corrected chi connectivity index (χ1v) is 8.60. The van der Waals surface area contributed by atoms with Gasteiger partial charge < -0.3 is 24.4 Å². The number of nitrogens with one attached hydrogen (secondary N) is 1. The SMILES string of the molecule is CCC[C@H](NC(=O)[C@@H](C)Oc1ccc2c(CC)cc(=O)oc2c1)C(=O)[O-]. The lowest BCUT2D eigenvalue weighted by Gasteiger charge is -2.22. The number of carboxylic acids is 1. The Morgan fingerprint density at radius 1 is 1.27 bits per heavy atom. The number of carboxylic acid groups (broad SMARTS) is 1. The van der Waals surface area contributed by atoms with Crippen molar-refractivity contribution in [3.05, 3.63) is 40.2 Å². The maximum atomic E-state index is 12.2. The number of carbonyl (C=O) groups excluding carboxylic acids is 2. The highest BCUT2D eigenvalue weighted by Crippen LogP contribution is 2.23. The van der Waals surface area contributed by atoms with Crippen LogP contribution in [0.25, 0.3) is 11.0 Å². The van der Waals surface area contributed by atoms with E-state index in [4.69, 9.17) is 9.15 Å². The number of benzene rings is 1. The number of carbonyl (C=O) groups is 2. The maximum absolute atomic E-state index is 12.2. The van der Waals surface area contributed by atoms with Crippen LogP contribution >= 0.6 is 0 Å². The van der Waals surface area contributed by atoms with Gasteiger partial charge in [-0.1, -0.05) is 20.3 Å². The van der Waals surface area contributed by atoms with Gasteiger partial charge in [-0.05, 0) is 37.5 Å². The van der Waals surface area contributed by atoms with E-state index in [1.807, 2.05) is 13.8 Å². The molecular formula is C19H22NO6-. The van der Waals surface area contributed by atoms with Gasteiger partial charge in [-0.15, -0.1) is 0 Å². The lowest BCUT2D eigenvalue weighted by Crippen LogP contribution is -2.51. The predicted molar refractivity (Wildman–Crippen MR) is 93.8 cm³/mol. The molecule has 140 valence electrons. The molecule has 26 heavy (non-hydrogen) atoms. The van der Waals surface area contributed by atoms with Crippen LogP contribution in [0.2, 0.25) is 0 Å². The Morgan fingerprint density at radius 2 is 2.00 bits per heavy atom. The van der Waals surface area contributed by atoms with Gasteiger partial charge in [0.15, 0.2) is 6.10 Å². The van der Waals surface area contributed by atoms with Crippen LogP contribution in [-0.2, 0) is 16.0 Å². The number of aryl methyl sites for hydroxylation is 1. The van der Waals surface area contributed by atoms with Crippen molar-refractivity contribution in [1.82, 2.24) is 5.32 Å². The van der Waals surface area contributed by atoms with Crippen molar-refractivity contribution in [1.29, 1.82) is 0 Å². The lowest BCUT2D eigenvalue weighted by molar-refractivity contribution is -0.308. The molecule has 0 saturated carbocycles. The summed E-state index contributed by atoms with van der Waals surface area (Å²) in [7, 11) is 0. The molecular weight excluding hydrogens is 338 g/mol. The molecule has 1 heterocycles. The molecule has 0 aliphatic carbocycles. The molecule has 0 spiro atoms. The third-order valence-corrected chi connectivity index (χ3v) is 4.04. The second-order valence-electron chi connectivity index (χ2n) is 6.03. The summed E-state index contributed by atoms with van der Waals surface area (Å²) in [5.74, 6) is -1.54. The molecule has 0 fully saturated rings. The minimum atomic E-state index is -1.33. The molecule has 7 heteroatoms. The van der Waals surface area contributed by atoms with E-state index in [0.29, 0.717) is 24.2 Å². The zero-order valence-electron chi connectivity index (χ0n) is 15.0. The summed E-state index contributed by atoms with van der Waals surface area (Å²) in [6.07, 6.45) is 0.634. The van der Waals surface area contributed by atoms with E-state index >= 15 is 0 Å². The average molecular weight is 360 g/mol. The van der Waals surface area contributed by atoms with Gasteiger partial charge in [0.2, 0.25) is 0 Å². The summed E-state index contributed by atoms with van der Waals surface area (Å²) in [4.78, 5) is 34.8. The van der Waals surface area contributed by atoms with Crippen LogP contribution in [0.5, 0.6) is 5.75 Å². The van der Waals surface area contributed by atoms with Gasteiger partial charge in [0.05, 0.1) is 12.0 Å². The number of aliphatic carboxylic acids is 1. The van der Waals surface area contributed by atoms with E-state index in [0.717, 1.165) is 10.9 Å². The number of hydrogen-bond acceptors (Lipinski definition) is 6. The molecule has 0 aliphatic heterocycles. The van der Waals surface area contributed by atoms with E-state index in [-0.39, 0.29) is 6.42 Å². The molecule has 0 aliphatic rings. The fourth-order valence-electron chi connectivity index (χ4n) is 2.66. The molecule has 1 aromatic heterocycles. The summed E-state index contributed by atoms with van der Waals surface area (Å²) in [5.41, 5.74) is 0.789. The van der Waals surface area contributed by atoms with Crippen LogP contribution < -0.4 is 20.8 Å². The van der Waals surface area contributed by atoms with Gasteiger partial charge in [0.25, 0.3) is 5.91 Å². The fraction of sp³-hybridized carbons (Fsp3) is 0.421. The molecule has 2 atom stereocenters. The summed E-state index contributed by atoms with van der Waals surface area (Å²) in [6, 6.07) is 5.38. The summed E-state index contributed by atoms with van der Waals surface area (Å²) < 4.78 is 10.8. The molecule has 0 unspecified atom stereocenters. The summed E-state index contributed by atoms with van der Waals surface area (Å²) in [6.45, 7) is 5.26. The smallest absolute Gasteiger partial charge is 0.336 e. The van der Waals surface area contributed by atoms with Crippen LogP contribution in [0.3, 0.4) is 0 Å². The average Bonchev–Trinajstić information content (AvgIpc) is 2.59. The Morgan fingerprint density at radius 3 is 2.62 bits per heavy atom. The van der Waals surface area contributed by atoms with Gasteiger partial charge in [0, 0.05) is 17.5 Å². The van der Waals surface area contributed by atoms with Gasteiger partial charge >= 0.3 is 5.63 Å². The molecule has 7 nitrogen and oxygen atoms in total. The Balaban J connectivity index is 2.15. The van der Waals surface area contributed by atoms with Crippen molar-refractivity contribution >= 4 is 22.8 Å². The monoisotopic (exact) mass is 360 g/mol. The van der Waals surface area contributed by atoms with Crippen molar-refractivity contribution < 1.29 is 23.8 Å². The first-order chi connectivity index (χ1) is 12.3. The second-order valence-corrected chi connectivity index (χ2v) is 6.03. The van der Waals surface area contributed by atoms with Crippen molar-refractivity contribution in [2.75, 3.05) is 0 Å². The molecule has 0 saturated heterocycles. The van der Waals surface area contributed by atoms with Crippen LogP contribution in [-0.4, -0.2) is 24.0 Å². The van der Waals surface area contributed by atoms with Crippen molar-refractivity contribution in [2.24, 2.45) is 0 Å². The van der Waals surface area contributed by atoms with E-state index in [1.54, 1.807) is 18.2 Å². The number of rotatable bonds is 8. The van der Waals surface area contributed by atoms with E-state index in [2.05, 4.69) is 5.32 Å².